The van der Waals surface area contributed by atoms with E-state index in [1.165, 1.54) is 10.8 Å². The number of aromatic nitrogens is 2. The maximum absolute atomic E-state index is 12.5. The number of hydrogen-bond donors (Lipinski definition) is 1. The van der Waals surface area contributed by atoms with Crippen LogP contribution in [-0.2, 0) is 16.1 Å². The van der Waals surface area contributed by atoms with Gasteiger partial charge >= 0.3 is 5.69 Å². The summed E-state index contributed by atoms with van der Waals surface area (Å²) in [6.45, 7) is 8.87. The number of rotatable bonds is 4. The first kappa shape index (κ1) is 18.8. The van der Waals surface area contributed by atoms with Crippen molar-refractivity contribution >= 4 is 5.91 Å². The summed E-state index contributed by atoms with van der Waals surface area (Å²) in [4.78, 5) is 42.4. The van der Waals surface area contributed by atoms with Crippen molar-refractivity contribution in [2.75, 3.05) is 39.4 Å². The van der Waals surface area contributed by atoms with Crippen molar-refractivity contribution in [1.29, 1.82) is 0 Å². The van der Waals surface area contributed by atoms with Crippen LogP contribution in [0.4, 0.5) is 0 Å². The summed E-state index contributed by atoms with van der Waals surface area (Å²) in [5.41, 5.74) is -0.517. The highest BCUT2D eigenvalue weighted by Crippen LogP contribution is 2.24. The van der Waals surface area contributed by atoms with E-state index in [2.05, 4.69) is 16.8 Å². The lowest BCUT2D eigenvalue weighted by Gasteiger charge is -2.41. The largest absolute Gasteiger partial charge is 0.379 e. The van der Waals surface area contributed by atoms with Crippen LogP contribution < -0.4 is 11.2 Å². The molecular weight excluding hydrogens is 336 g/mol. The number of morpholine rings is 1. The molecule has 1 aromatic heterocycles. The van der Waals surface area contributed by atoms with Gasteiger partial charge in [-0.15, -0.1) is 0 Å². The molecule has 1 amide bonds. The summed E-state index contributed by atoms with van der Waals surface area (Å²) in [5.74, 6) is 0.506. The van der Waals surface area contributed by atoms with Crippen molar-refractivity contribution in [2.24, 2.45) is 5.92 Å². The van der Waals surface area contributed by atoms with Gasteiger partial charge in [0.1, 0.15) is 6.54 Å². The van der Waals surface area contributed by atoms with E-state index >= 15 is 0 Å². The Balaban J connectivity index is 1.54. The van der Waals surface area contributed by atoms with E-state index in [0.717, 1.165) is 52.2 Å². The number of H-pyrrole nitrogens is 1. The fourth-order valence-electron chi connectivity index (χ4n) is 3.90. The molecule has 1 aromatic rings. The van der Waals surface area contributed by atoms with Gasteiger partial charge in [-0.05, 0) is 32.6 Å². The molecule has 8 heteroatoms. The van der Waals surface area contributed by atoms with Crippen LogP contribution >= 0.6 is 0 Å². The molecule has 0 bridgehead atoms. The minimum Gasteiger partial charge on any atom is -0.379 e. The van der Waals surface area contributed by atoms with Crippen molar-refractivity contribution in [1.82, 2.24) is 19.4 Å². The van der Waals surface area contributed by atoms with Crippen LogP contribution in [0.5, 0.6) is 0 Å². The molecule has 0 unspecified atom stereocenters. The maximum atomic E-state index is 12.5. The third kappa shape index (κ3) is 4.24. The van der Waals surface area contributed by atoms with Gasteiger partial charge in [-0.2, -0.15) is 0 Å². The lowest BCUT2D eigenvalue weighted by atomic mass is 9.89. The van der Waals surface area contributed by atoms with Gasteiger partial charge in [0.2, 0.25) is 5.91 Å². The third-order valence-electron chi connectivity index (χ3n) is 5.69. The number of nitrogens with zero attached hydrogens (tertiary/aromatic N) is 3. The molecule has 0 aliphatic carbocycles. The number of aryl methyl sites for hydroxylation is 1. The maximum Gasteiger partial charge on any atom is 0.328 e. The summed E-state index contributed by atoms with van der Waals surface area (Å²) in [7, 11) is 0. The minimum atomic E-state index is -0.537. The highest BCUT2D eigenvalue weighted by molar-refractivity contribution is 5.76. The molecule has 144 valence electrons. The number of aromatic amines is 1. The average molecular weight is 364 g/mol. The second kappa shape index (κ2) is 8.18. The van der Waals surface area contributed by atoms with Gasteiger partial charge in [0, 0.05) is 44.0 Å². The molecule has 1 atom stereocenters. The van der Waals surface area contributed by atoms with Gasteiger partial charge in [-0.25, -0.2) is 4.79 Å². The van der Waals surface area contributed by atoms with Gasteiger partial charge in [0.05, 0.1) is 13.2 Å². The van der Waals surface area contributed by atoms with E-state index in [4.69, 9.17) is 4.74 Å². The molecule has 2 fully saturated rings. The van der Waals surface area contributed by atoms with Crippen molar-refractivity contribution in [3.8, 4) is 0 Å². The number of amides is 1. The first-order chi connectivity index (χ1) is 12.5. The number of piperidine rings is 1. The number of carbonyl (C=O) groups excluding carboxylic acids is 1. The standard InChI is InChI=1S/C18H28N4O4/c1-13-11-22(18(25)19-17(13)24)12-16(23)21-5-3-15(4-6-21)14(2)20-7-9-26-10-8-20/h11,14-15H,3-10,12H2,1-2H3,(H,19,24,25)/t14-/m0/s1. The quantitative estimate of drug-likeness (QED) is 0.800. The highest BCUT2D eigenvalue weighted by atomic mass is 16.5. The number of hydrogen-bond acceptors (Lipinski definition) is 5. The van der Waals surface area contributed by atoms with Crippen molar-refractivity contribution < 1.29 is 9.53 Å². The summed E-state index contributed by atoms with van der Waals surface area (Å²) in [6.07, 6.45) is 3.40. The summed E-state index contributed by atoms with van der Waals surface area (Å²) >= 11 is 0. The van der Waals surface area contributed by atoms with E-state index in [-0.39, 0.29) is 12.5 Å². The Hall–Kier alpha value is -1.93. The van der Waals surface area contributed by atoms with Crippen LogP contribution in [0.2, 0.25) is 0 Å². The topological polar surface area (TPSA) is 87.6 Å². The molecular formula is C18H28N4O4. The molecule has 2 aliphatic rings. The average Bonchev–Trinajstić information content (AvgIpc) is 2.66. The fourth-order valence-corrected chi connectivity index (χ4v) is 3.90. The van der Waals surface area contributed by atoms with Gasteiger partial charge in [-0.3, -0.25) is 24.0 Å². The molecule has 0 radical (unpaired) electrons. The Kier molecular flexibility index (Phi) is 5.93. The van der Waals surface area contributed by atoms with Crippen molar-refractivity contribution in [3.63, 3.8) is 0 Å². The Bertz CT molecular complexity index is 742. The number of carbonyl (C=O) groups is 1. The highest BCUT2D eigenvalue weighted by Gasteiger charge is 2.30. The van der Waals surface area contributed by atoms with Crippen LogP contribution in [0.3, 0.4) is 0 Å². The van der Waals surface area contributed by atoms with Crippen LogP contribution in [-0.4, -0.2) is 70.7 Å². The van der Waals surface area contributed by atoms with Crippen LogP contribution in [0.1, 0.15) is 25.3 Å². The molecule has 0 spiro atoms. The zero-order valence-corrected chi connectivity index (χ0v) is 15.6. The first-order valence-electron chi connectivity index (χ1n) is 9.35. The Morgan fingerprint density at radius 2 is 1.88 bits per heavy atom. The Labute approximate surface area is 152 Å². The minimum absolute atomic E-state index is 0.0276. The fraction of sp³-hybridized carbons (Fsp3) is 0.722. The summed E-state index contributed by atoms with van der Waals surface area (Å²) in [5, 5.41) is 0. The van der Waals surface area contributed by atoms with Gasteiger partial charge in [0.15, 0.2) is 0 Å². The molecule has 3 heterocycles. The van der Waals surface area contributed by atoms with E-state index in [9.17, 15) is 14.4 Å². The predicted octanol–water partition coefficient (Wildman–Crippen LogP) is -0.196. The number of likely N-dealkylation sites (tertiary alicyclic amines) is 1. The SMILES string of the molecule is Cc1cn(CC(=O)N2CCC([C@H](C)N3CCOCC3)CC2)c(=O)[nH]c1=O. The molecule has 26 heavy (non-hydrogen) atoms. The van der Waals surface area contributed by atoms with E-state index in [1.54, 1.807) is 6.92 Å². The van der Waals surface area contributed by atoms with Crippen LogP contribution in [0, 0.1) is 12.8 Å². The Morgan fingerprint density at radius 3 is 2.54 bits per heavy atom. The second-order valence-electron chi connectivity index (χ2n) is 7.31. The van der Waals surface area contributed by atoms with E-state index in [0.29, 0.717) is 17.5 Å². The Morgan fingerprint density at radius 1 is 1.23 bits per heavy atom. The van der Waals surface area contributed by atoms with Crippen LogP contribution in [0.25, 0.3) is 0 Å². The number of ether oxygens (including phenoxy) is 1. The first-order valence-corrected chi connectivity index (χ1v) is 9.35. The smallest absolute Gasteiger partial charge is 0.328 e. The lowest BCUT2D eigenvalue weighted by Crippen LogP contribution is -2.49. The molecule has 2 saturated heterocycles. The molecule has 3 rings (SSSR count). The van der Waals surface area contributed by atoms with E-state index < -0.39 is 11.2 Å². The lowest BCUT2D eigenvalue weighted by molar-refractivity contribution is -0.133. The molecule has 0 saturated carbocycles. The summed E-state index contributed by atoms with van der Waals surface area (Å²) < 4.78 is 6.70. The van der Waals surface area contributed by atoms with E-state index in [1.807, 2.05) is 4.90 Å². The zero-order chi connectivity index (χ0) is 18.7. The molecule has 1 N–H and O–H groups in total. The zero-order valence-electron chi connectivity index (χ0n) is 15.6. The molecule has 8 nitrogen and oxygen atoms in total. The van der Waals surface area contributed by atoms with Gasteiger partial charge < -0.3 is 9.64 Å². The van der Waals surface area contributed by atoms with Crippen LogP contribution in [0.15, 0.2) is 15.8 Å². The second-order valence-corrected chi connectivity index (χ2v) is 7.31. The predicted molar refractivity (Wildman–Crippen MR) is 97.2 cm³/mol. The van der Waals surface area contributed by atoms with Gasteiger partial charge in [-0.1, -0.05) is 0 Å². The number of nitrogens with one attached hydrogen (secondary N) is 1. The molecule has 2 aliphatic heterocycles. The van der Waals surface area contributed by atoms with Crippen molar-refractivity contribution in [3.05, 3.63) is 32.6 Å². The molecule has 0 aromatic carbocycles. The third-order valence-corrected chi connectivity index (χ3v) is 5.69. The monoisotopic (exact) mass is 364 g/mol. The summed E-state index contributed by atoms with van der Waals surface area (Å²) in [6, 6.07) is 0.501. The van der Waals surface area contributed by atoms with Gasteiger partial charge in [0.25, 0.3) is 5.56 Å². The van der Waals surface area contributed by atoms with Crippen molar-refractivity contribution in [2.45, 2.75) is 39.3 Å². The normalized spacial score (nSPS) is 20.9.